The van der Waals surface area contributed by atoms with E-state index in [4.69, 9.17) is 4.74 Å². The van der Waals surface area contributed by atoms with Gasteiger partial charge in [0.25, 0.3) is 0 Å². The Labute approximate surface area is 125 Å². The molecule has 1 aliphatic heterocycles. The number of likely N-dealkylation sites (N-methyl/N-ethyl adjacent to an activating group) is 1. The van der Waals surface area contributed by atoms with Crippen LogP contribution in [0.1, 0.15) is 36.1 Å². The first kappa shape index (κ1) is 14.3. The minimum Gasteiger partial charge on any atom is -0.388 e. The fourth-order valence-corrected chi connectivity index (χ4v) is 3.26. The zero-order chi connectivity index (χ0) is 14.9. The number of nitrogens with zero attached hydrogens (tertiary/aromatic N) is 3. The van der Waals surface area contributed by atoms with Crippen molar-refractivity contribution in [1.82, 2.24) is 4.98 Å². The smallest absolute Gasteiger partial charge is 0.146 e. The van der Waals surface area contributed by atoms with Crippen LogP contribution in [0.4, 0.5) is 5.82 Å². The molecule has 21 heavy (non-hydrogen) atoms. The van der Waals surface area contributed by atoms with E-state index in [1.54, 1.807) is 0 Å². The number of hydrogen-bond donors (Lipinski definition) is 1. The number of aromatic nitrogens is 1. The second kappa shape index (κ2) is 5.63. The molecule has 1 fully saturated rings. The second-order valence-electron chi connectivity index (χ2n) is 6.12. The first-order valence-corrected chi connectivity index (χ1v) is 7.55. The minimum absolute atomic E-state index is 0.483. The number of aliphatic hydroxyl groups is 1. The summed E-state index contributed by atoms with van der Waals surface area (Å²) in [5.41, 5.74) is 2.16. The Hall–Kier alpha value is -1.64. The van der Waals surface area contributed by atoms with E-state index in [0.717, 1.165) is 25.0 Å². The molecule has 5 heteroatoms. The predicted octanol–water partition coefficient (Wildman–Crippen LogP) is 1.42. The van der Waals surface area contributed by atoms with E-state index < -0.39 is 5.60 Å². The van der Waals surface area contributed by atoms with Gasteiger partial charge in [0.2, 0.25) is 0 Å². The van der Waals surface area contributed by atoms with Crippen LogP contribution in [-0.4, -0.2) is 42.5 Å². The molecule has 0 unspecified atom stereocenters. The molecule has 1 saturated heterocycles. The molecule has 0 saturated carbocycles. The van der Waals surface area contributed by atoms with Gasteiger partial charge in [0.15, 0.2) is 0 Å². The lowest BCUT2D eigenvalue weighted by molar-refractivity contribution is -0.0573. The van der Waals surface area contributed by atoms with Crippen molar-refractivity contribution in [3.63, 3.8) is 0 Å². The standard InChI is InChI=1S/C16H21N3O2/c1-19(11-16(20)5-7-21-8-6-16)15-13(10-17)9-12-3-2-4-14(12)18-15/h9,20H,2-8,11H2,1H3. The maximum atomic E-state index is 10.6. The predicted molar refractivity (Wildman–Crippen MR) is 79.2 cm³/mol. The first-order valence-electron chi connectivity index (χ1n) is 7.55. The number of fused-ring (bicyclic) bond motifs is 1. The summed E-state index contributed by atoms with van der Waals surface area (Å²) in [7, 11) is 1.90. The van der Waals surface area contributed by atoms with E-state index in [2.05, 4.69) is 11.1 Å². The highest BCUT2D eigenvalue weighted by atomic mass is 16.5. The highest BCUT2D eigenvalue weighted by Crippen LogP contribution is 2.29. The fourth-order valence-electron chi connectivity index (χ4n) is 3.26. The Balaban J connectivity index is 1.84. The Bertz CT molecular complexity index is 574. The molecule has 0 bridgehead atoms. The topological polar surface area (TPSA) is 69.4 Å². The summed E-state index contributed by atoms with van der Waals surface area (Å²) >= 11 is 0. The largest absolute Gasteiger partial charge is 0.388 e. The normalized spacial score (nSPS) is 19.9. The van der Waals surface area contributed by atoms with E-state index in [0.29, 0.717) is 44.0 Å². The van der Waals surface area contributed by atoms with Crippen molar-refractivity contribution in [1.29, 1.82) is 5.26 Å². The number of aryl methyl sites for hydroxylation is 2. The van der Waals surface area contributed by atoms with Gasteiger partial charge >= 0.3 is 0 Å². The number of anilines is 1. The molecule has 1 aromatic rings. The molecule has 0 atom stereocenters. The molecule has 112 valence electrons. The monoisotopic (exact) mass is 287 g/mol. The third kappa shape index (κ3) is 2.87. The summed E-state index contributed by atoms with van der Waals surface area (Å²) in [6.45, 7) is 1.66. The van der Waals surface area contributed by atoms with Crippen molar-refractivity contribution < 1.29 is 9.84 Å². The summed E-state index contributed by atoms with van der Waals surface area (Å²) in [6, 6.07) is 4.21. The molecule has 1 aromatic heterocycles. The summed E-state index contributed by atoms with van der Waals surface area (Å²) in [5, 5.41) is 20.0. The van der Waals surface area contributed by atoms with Crippen LogP contribution in [0.25, 0.3) is 0 Å². The number of rotatable bonds is 3. The molecule has 1 N–H and O–H groups in total. The van der Waals surface area contributed by atoms with E-state index in [1.165, 1.54) is 5.56 Å². The Morgan fingerprint density at radius 1 is 1.43 bits per heavy atom. The maximum absolute atomic E-state index is 10.6. The SMILES string of the molecule is CN(CC1(O)CCOCC1)c1nc2c(cc1C#N)CCC2. The van der Waals surface area contributed by atoms with E-state index in [1.807, 2.05) is 18.0 Å². The van der Waals surface area contributed by atoms with Crippen LogP contribution in [0.3, 0.4) is 0 Å². The third-order valence-electron chi connectivity index (χ3n) is 4.47. The Morgan fingerprint density at radius 2 is 2.19 bits per heavy atom. The van der Waals surface area contributed by atoms with Gasteiger partial charge in [0, 0.05) is 45.3 Å². The van der Waals surface area contributed by atoms with Crippen LogP contribution in [0.15, 0.2) is 6.07 Å². The van der Waals surface area contributed by atoms with Crippen molar-refractivity contribution >= 4 is 5.82 Å². The van der Waals surface area contributed by atoms with Gasteiger partial charge in [-0.05, 0) is 30.9 Å². The maximum Gasteiger partial charge on any atom is 0.146 e. The average molecular weight is 287 g/mol. The van der Waals surface area contributed by atoms with Gasteiger partial charge in [0.1, 0.15) is 11.9 Å². The quantitative estimate of drug-likeness (QED) is 0.910. The first-order chi connectivity index (χ1) is 10.1. The highest BCUT2D eigenvalue weighted by Gasteiger charge is 2.32. The third-order valence-corrected chi connectivity index (χ3v) is 4.47. The summed E-state index contributed by atoms with van der Waals surface area (Å²) in [5.74, 6) is 0.693. The second-order valence-corrected chi connectivity index (χ2v) is 6.12. The van der Waals surface area contributed by atoms with Gasteiger partial charge in [-0.3, -0.25) is 0 Å². The summed E-state index contributed by atoms with van der Waals surface area (Å²) in [6.07, 6.45) is 4.37. The summed E-state index contributed by atoms with van der Waals surface area (Å²) in [4.78, 5) is 6.60. The van der Waals surface area contributed by atoms with Crippen LogP contribution in [-0.2, 0) is 17.6 Å². The lowest BCUT2D eigenvalue weighted by atomic mass is 9.94. The molecule has 0 radical (unpaired) electrons. The molecule has 0 aromatic carbocycles. The molecule has 1 aliphatic carbocycles. The lowest BCUT2D eigenvalue weighted by Gasteiger charge is -2.36. The van der Waals surface area contributed by atoms with E-state index in [-0.39, 0.29) is 0 Å². The number of hydrogen-bond acceptors (Lipinski definition) is 5. The molecule has 0 amide bonds. The Kier molecular flexibility index (Phi) is 3.83. The fraction of sp³-hybridized carbons (Fsp3) is 0.625. The van der Waals surface area contributed by atoms with E-state index >= 15 is 0 Å². The molecule has 0 spiro atoms. The molecule has 3 rings (SSSR count). The number of ether oxygens (including phenoxy) is 1. The average Bonchev–Trinajstić information content (AvgIpc) is 2.93. The Morgan fingerprint density at radius 3 is 2.90 bits per heavy atom. The van der Waals surface area contributed by atoms with Gasteiger partial charge in [-0.2, -0.15) is 5.26 Å². The number of pyridine rings is 1. The van der Waals surface area contributed by atoms with Crippen molar-refractivity contribution in [2.24, 2.45) is 0 Å². The van der Waals surface area contributed by atoms with Crippen LogP contribution in [0.5, 0.6) is 0 Å². The van der Waals surface area contributed by atoms with Crippen molar-refractivity contribution in [2.75, 3.05) is 31.7 Å². The zero-order valence-electron chi connectivity index (χ0n) is 12.4. The van der Waals surface area contributed by atoms with Gasteiger partial charge < -0.3 is 14.7 Å². The molecular formula is C16H21N3O2. The molecular weight excluding hydrogens is 266 g/mol. The van der Waals surface area contributed by atoms with Crippen molar-refractivity contribution in [2.45, 2.75) is 37.7 Å². The molecule has 2 aliphatic rings. The van der Waals surface area contributed by atoms with Crippen LogP contribution >= 0.6 is 0 Å². The molecule has 2 heterocycles. The van der Waals surface area contributed by atoms with Gasteiger partial charge in [-0.25, -0.2) is 4.98 Å². The van der Waals surface area contributed by atoms with Gasteiger partial charge in [0.05, 0.1) is 11.2 Å². The summed E-state index contributed by atoms with van der Waals surface area (Å²) < 4.78 is 5.31. The lowest BCUT2D eigenvalue weighted by Crippen LogP contribution is -2.46. The van der Waals surface area contributed by atoms with Crippen LogP contribution < -0.4 is 4.90 Å². The van der Waals surface area contributed by atoms with E-state index in [9.17, 15) is 10.4 Å². The van der Waals surface area contributed by atoms with Crippen molar-refractivity contribution in [3.05, 3.63) is 22.9 Å². The number of nitriles is 1. The zero-order valence-corrected chi connectivity index (χ0v) is 12.4. The van der Waals surface area contributed by atoms with Crippen LogP contribution in [0, 0.1) is 11.3 Å². The van der Waals surface area contributed by atoms with Gasteiger partial charge in [-0.1, -0.05) is 0 Å². The van der Waals surface area contributed by atoms with Crippen molar-refractivity contribution in [3.8, 4) is 6.07 Å². The molecule has 5 nitrogen and oxygen atoms in total. The minimum atomic E-state index is -0.750. The van der Waals surface area contributed by atoms with Crippen LogP contribution in [0.2, 0.25) is 0 Å². The highest BCUT2D eigenvalue weighted by molar-refractivity contribution is 5.56. The van der Waals surface area contributed by atoms with Gasteiger partial charge in [-0.15, -0.1) is 0 Å².